The van der Waals surface area contributed by atoms with E-state index in [-0.39, 0.29) is 6.04 Å². The van der Waals surface area contributed by atoms with Gasteiger partial charge in [-0.3, -0.25) is 4.98 Å². The highest BCUT2D eigenvalue weighted by atomic mass is 35.5. The van der Waals surface area contributed by atoms with Gasteiger partial charge in [-0.25, -0.2) is 4.79 Å². The zero-order valence-corrected chi connectivity index (χ0v) is 16.3. The standard InChI is InChI=1S/C23H17ClN2O3/c1-28-19-7-3-6-17(13-19)22-21(26-23(27)29-22)16-5-2-4-15(12-16)8-9-18-14-25-11-10-20(18)24/h2-7,10-14,21-22H,1H3,(H,26,27)/t21-,22-/m1/s1. The second-order valence-electron chi connectivity index (χ2n) is 6.46. The maximum atomic E-state index is 12.0. The van der Waals surface area contributed by atoms with Crippen LogP contribution in [0.1, 0.15) is 34.4 Å². The molecule has 1 fully saturated rings. The highest BCUT2D eigenvalue weighted by Gasteiger charge is 2.36. The third kappa shape index (κ3) is 4.18. The van der Waals surface area contributed by atoms with Crippen molar-refractivity contribution in [2.45, 2.75) is 12.1 Å². The summed E-state index contributed by atoms with van der Waals surface area (Å²) in [6, 6.07) is 16.5. The monoisotopic (exact) mass is 404 g/mol. The van der Waals surface area contributed by atoms with E-state index < -0.39 is 12.2 Å². The first kappa shape index (κ1) is 18.9. The van der Waals surface area contributed by atoms with Crippen molar-refractivity contribution in [3.63, 3.8) is 0 Å². The highest BCUT2D eigenvalue weighted by molar-refractivity contribution is 6.31. The molecule has 2 heterocycles. The minimum atomic E-state index is -0.464. The first-order valence-corrected chi connectivity index (χ1v) is 9.34. The van der Waals surface area contributed by atoms with Crippen molar-refractivity contribution < 1.29 is 14.3 Å². The Morgan fingerprint density at radius 1 is 1.10 bits per heavy atom. The van der Waals surface area contributed by atoms with E-state index in [1.165, 1.54) is 0 Å². The Bertz CT molecular complexity index is 1120. The smallest absolute Gasteiger partial charge is 0.408 e. The molecule has 0 aliphatic carbocycles. The van der Waals surface area contributed by atoms with Gasteiger partial charge in [0.15, 0.2) is 6.10 Å². The van der Waals surface area contributed by atoms with Crippen molar-refractivity contribution in [1.82, 2.24) is 10.3 Å². The number of carbonyl (C=O) groups is 1. The SMILES string of the molecule is COc1cccc([C@H]2OC(=O)N[C@@H]2c2cccc(C#Cc3cnccc3Cl)c2)c1. The molecular formula is C23H17ClN2O3. The number of rotatable bonds is 3. The number of cyclic esters (lactones) is 1. The Balaban J connectivity index is 1.64. The molecule has 0 bridgehead atoms. The van der Waals surface area contributed by atoms with Crippen LogP contribution in [-0.2, 0) is 4.74 Å². The summed E-state index contributed by atoms with van der Waals surface area (Å²) in [6.45, 7) is 0. The maximum absolute atomic E-state index is 12.0. The van der Waals surface area contributed by atoms with Crippen LogP contribution >= 0.6 is 11.6 Å². The molecule has 1 saturated heterocycles. The fourth-order valence-electron chi connectivity index (χ4n) is 3.18. The number of ether oxygens (including phenoxy) is 2. The molecule has 0 unspecified atom stereocenters. The number of pyridine rings is 1. The van der Waals surface area contributed by atoms with Crippen LogP contribution in [0.2, 0.25) is 5.02 Å². The summed E-state index contributed by atoms with van der Waals surface area (Å²) in [5.41, 5.74) is 3.21. The Morgan fingerprint density at radius 3 is 2.76 bits per heavy atom. The van der Waals surface area contributed by atoms with Crippen molar-refractivity contribution in [1.29, 1.82) is 0 Å². The third-order valence-electron chi connectivity index (χ3n) is 4.59. The molecule has 1 aliphatic heterocycles. The van der Waals surface area contributed by atoms with Crippen LogP contribution in [0.25, 0.3) is 0 Å². The second-order valence-corrected chi connectivity index (χ2v) is 6.86. The minimum Gasteiger partial charge on any atom is -0.497 e. The summed E-state index contributed by atoms with van der Waals surface area (Å²) in [5, 5.41) is 3.44. The first-order valence-electron chi connectivity index (χ1n) is 8.96. The second kappa shape index (κ2) is 8.26. The minimum absolute atomic E-state index is 0.335. The van der Waals surface area contributed by atoms with Crippen molar-refractivity contribution in [3.05, 3.63) is 94.3 Å². The number of alkyl carbamates (subject to hydrolysis) is 1. The van der Waals surface area contributed by atoms with E-state index in [1.54, 1.807) is 25.6 Å². The van der Waals surface area contributed by atoms with Gasteiger partial charge < -0.3 is 14.8 Å². The van der Waals surface area contributed by atoms with Crippen LogP contribution in [-0.4, -0.2) is 18.2 Å². The fourth-order valence-corrected chi connectivity index (χ4v) is 3.33. The topological polar surface area (TPSA) is 60.5 Å². The Labute approximate surface area is 173 Å². The molecule has 1 aliphatic rings. The lowest BCUT2D eigenvalue weighted by Crippen LogP contribution is -2.19. The van der Waals surface area contributed by atoms with Crippen LogP contribution in [0.5, 0.6) is 5.75 Å². The van der Waals surface area contributed by atoms with E-state index in [0.717, 1.165) is 16.7 Å². The van der Waals surface area contributed by atoms with Gasteiger partial charge in [-0.1, -0.05) is 47.7 Å². The van der Waals surface area contributed by atoms with Crippen LogP contribution in [0, 0.1) is 11.8 Å². The summed E-state index contributed by atoms with van der Waals surface area (Å²) in [7, 11) is 1.60. The molecule has 144 valence electrons. The van der Waals surface area contributed by atoms with Gasteiger partial charge in [-0.05, 0) is 41.5 Å². The average molecular weight is 405 g/mol. The van der Waals surface area contributed by atoms with E-state index >= 15 is 0 Å². The van der Waals surface area contributed by atoms with Gasteiger partial charge >= 0.3 is 6.09 Å². The summed E-state index contributed by atoms with van der Waals surface area (Å²) in [5.74, 6) is 6.84. The van der Waals surface area contributed by atoms with E-state index in [9.17, 15) is 4.79 Å². The molecule has 5 nitrogen and oxygen atoms in total. The molecular weight excluding hydrogens is 388 g/mol. The highest BCUT2D eigenvalue weighted by Crippen LogP contribution is 2.37. The average Bonchev–Trinajstić information content (AvgIpc) is 3.15. The van der Waals surface area contributed by atoms with Crippen LogP contribution in [0.15, 0.2) is 67.0 Å². The van der Waals surface area contributed by atoms with Gasteiger partial charge in [0.2, 0.25) is 0 Å². The Morgan fingerprint density at radius 2 is 1.93 bits per heavy atom. The summed E-state index contributed by atoms with van der Waals surface area (Å²) >= 11 is 6.14. The zero-order chi connectivity index (χ0) is 20.2. The summed E-state index contributed by atoms with van der Waals surface area (Å²) < 4.78 is 10.8. The molecule has 2 aromatic carbocycles. The molecule has 1 aromatic heterocycles. The number of hydrogen-bond acceptors (Lipinski definition) is 4. The third-order valence-corrected chi connectivity index (χ3v) is 4.92. The number of aromatic nitrogens is 1. The lowest BCUT2D eigenvalue weighted by molar-refractivity contribution is 0.132. The Kier molecular flexibility index (Phi) is 5.37. The number of halogens is 1. The van der Waals surface area contributed by atoms with Crippen molar-refractivity contribution in [2.75, 3.05) is 7.11 Å². The molecule has 1 N–H and O–H groups in total. The molecule has 29 heavy (non-hydrogen) atoms. The number of benzene rings is 2. The molecule has 4 rings (SSSR count). The molecule has 6 heteroatoms. The van der Waals surface area contributed by atoms with Crippen molar-refractivity contribution >= 4 is 17.7 Å². The lowest BCUT2D eigenvalue weighted by Gasteiger charge is -2.18. The van der Waals surface area contributed by atoms with Gasteiger partial charge in [0, 0.05) is 18.0 Å². The normalized spacial score (nSPS) is 17.7. The predicted molar refractivity (Wildman–Crippen MR) is 110 cm³/mol. The van der Waals surface area contributed by atoms with E-state index in [4.69, 9.17) is 21.1 Å². The number of amides is 1. The number of nitrogens with one attached hydrogen (secondary N) is 1. The number of hydrogen-bond donors (Lipinski definition) is 1. The molecule has 0 saturated carbocycles. The van der Waals surface area contributed by atoms with Crippen LogP contribution < -0.4 is 10.1 Å². The van der Waals surface area contributed by atoms with Crippen molar-refractivity contribution in [2.24, 2.45) is 0 Å². The lowest BCUT2D eigenvalue weighted by atomic mass is 9.95. The summed E-state index contributed by atoms with van der Waals surface area (Å²) in [6.07, 6.45) is 2.33. The van der Waals surface area contributed by atoms with Crippen LogP contribution in [0.3, 0.4) is 0 Å². The number of carbonyl (C=O) groups excluding carboxylic acids is 1. The maximum Gasteiger partial charge on any atom is 0.408 e. The van der Waals surface area contributed by atoms with E-state index in [1.807, 2.05) is 48.5 Å². The molecule has 3 aromatic rings. The van der Waals surface area contributed by atoms with Gasteiger partial charge in [-0.15, -0.1) is 0 Å². The molecule has 0 radical (unpaired) electrons. The fraction of sp³-hybridized carbons (Fsp3) is 0.130. The largest absolute Gasteiger partial charge is 0.497 e. The summed E-state index contributed by atoms with van der Waals surface area (Å²) in [4.78, 5) is 16.0. The van der Waals surface area contributed by atoms with Gasteiger partial charge in [0.25, 0.3) is 0 Å². The number of methoxy groups -OCH3 is 1. The Hall–Kier alpha value is -3.49. The molecule has 1 amide bonds. The van der Waals surface area contributed by atoms with E-state index in [2.05, 4.69) is 22.1 Å². The molecule has 0 spiro atoms. The molecule has 2 atom stereocenters. The van der Waals surface area contributed by atoms with Crippen molar-refractivity contribution in [3.8, 4) is 17.6 Å². The number of nitrogens with zero attached hydrogens (tertiary/aromatic N) is 1. The van der Waals surface area contributed by atoms with Crippen LogP contribution in [0.4, 0.5) is 4.79 Å². The van der Waals surface area contributed by atoms with Gasteiger partial charge in [0.05, 0.1) is 23.7 Å². The quantitative estimate of drug-likeness (QED) is 0.645. The van der Waals surface area contributed by atoms with Gasteiger partial charge in [0.1, 0.15) is 5.75 Å². The van der Waals surface area contributed by atoms with Gasteiger partial charge in [-0.2, -0.15) is 0 Å². The predicted octanol–water partition coefficient (Wildman–Crippen LogP) is 4.67. The van der Waals surface area contributed by atoms with E-state index in [0.29, 0.717) is 16.3 Å². The zero-order valence-electron chi connectivity index (χ0n) is 15.6. The first-order chi connectivity index (χ1) is 14.1.